The molecule has 3 aromatic rings. The lowest BCUT2D eigenvalue weighted by Crippen LogP contribution is -2.03. The average molecular weight is 300 g/mol. The molecule has 4 heterocycles. The Balaban J connectivity index is 1.78. The zero-order valence-corrected chi connectivity index (χ0v) is 12.5. The van der Waals surface area contributed by atoms with Gasteiger partial charge in [0.15, 0.2) is 11.5 Å². The van der Waals surface area contributed by atoms with Gasteiger partial charge in [0, 0.05) is 11.5 Å². The zero-order valence-electron chi connectivity index (χ0n) is 11.7. The van der Waals surface area contributed by atoms with E-state index in [1.807, 2.05) is 22.1 Å². The largest absolute Gasteiger partial charge is 0.370 e. The van der Waals surface area contributed by atoms with Crippen molar-refractivity contribution >= 4 is 27.2 Å². The van der Waals surface area contributed by atoms with Gasteiger partial charge >= 0.3 is 0 Å². The SMILES string of the molecule is c1nc2sc3c(c2c2nnc([C@H]4CCCO4)n12)CCCC3. The molecule has 5 nitrogen and oxygen atoms in total. The van der Waals surface area contributed by atoms with Gasteiger partial charge in [-0.2, -0.15) is 0 Å². The van der Waals surface area contributed by atoms with E-state index in [-0.39, 0.29) is 6.10 Å². The van der Waals surface area contributed by atoms with Crippen molar-refractivity contribution in [2.24, 2.45) is 0 Å². The summed E-state index contributed by atoms with van der Waals surface area (Å²) in [6.45, 7) is 0.823. The molecule has 5 rings (SSSR count). The minimum atomic E-state index is 0.0775. The second-order valence-electron chi connectivity index (χ2n) is 5.89. The predicted molar refractivity (Wildman–Crippen MR) is 80.7 cm³/mol. The number of aromatic nitrogens is 4. The normalized spacial score (nSPS) is 22.2. The Hall–Kier alpha value is -1.53. The fourth-order valence-corrected chi connectivity index (χ4v) is 4.80. The Labute approximate surface area is 126 Å². The summed E-state index contributed by atoms with van der Waals surface area (Å²) in [6, 6.07) is 0. The lowest BCUT2D eigenvalue weighted by Gasteiger charge is -2.10. The van der Waals surface area contributed by atoms with Crippen LogP contribution >= 0.6 is 11.3 Å². The molecule has 21 heavy (non-hydrogen) atoms. The molecule has 2 aliphatic rings. The first-order valence-electron chi connectivity index (χ1n) is 7.67. The standard InChI is InChI=1S/C15H16N4OS/c1-2-6-11-9(4-1)12-14-18-17-13(10-5-3-7-20-10)19(14)8-16-15(12)21-11/h8,10H,1-7H2/t10-/m1/s1. The highest BCUT2D eigenvalue weighted by Gasteiger charge is 2.26. The van der Waals surface area contributed by atoms with E-state index in [2.05, 4.69) is 15.2 Å². The van der Waals surface area contributed by atoms with Crippen LogP contribution in [-0.2, 0) is 17.6 Å². The maximum Gasteiger partial charge on any atom is 0.172 e. The van der Waals surface area contributed by atoms with Crippen molar-refractivity contribution in [3.63, 3.8) is 0 Å². The van der Waals surface area contributed by atoms with Crippen LogP contribution in [0.4, 0.5) is 0 Å². The maximum atomic E-state index is 5.76. The molecular weight excluding hydrogens is 284 g/mol. The van der Waals surface area contributed by atoms with Crippen LogP contribution in [0.1, 0.15) is 48.1 Å². The third-order valence-corrected chi connectivity index (χ3v) is 5.81. The quantitative estimate of drug-likeness (QED) is 0.693. The third kappa shape index (κ3) is 1.69. The number of ether oxygens (including phenoxy) is 1. The van der Waals surface area contributed by atoms with Gasteiger partial charge in [0.1, 0.15) is 17.3 Å². The van der Waals surface area contributed by atoms with Crippen LogP contribution in [0.2, 0.25) is 0 Å². The van der Waals surface area contributed by atoms with E-state index in [1.165, 1.54) is 35.1 Å². The number of thiophene rings is 1. The zero-order chi connectivity index (χ0) is 13.8. The van der Waals surface area contributed by atoms with Gasteiger partial charge in [0.25, 0.3) is 0 Å². The second kappa shape index (κ2) is 4.48. The summed E-state index contributed by atoms with van der Waals surface area (Å²) in [4.78, 5) is 7.27. The lowest BCUT2D eigenvalue weighted by molar-refractivity contribution is 0.104. The highest BCUT2D eigenvalue weighted by atomic mass is 32.1. The molecular formula is C15H16N4OS. The number of fused-ring (bicyclic) bond motifs is 5. The molecule has 0 unspecified atom stereocenters. The van der Waals surface area contributed by atoms with Crippen molar-refractivity contribution < 1.29 is 4.74 Å². The van der Waals surface area contributed by atoms with Gasteiger partial charge in [-0.05, 0) is 44.1 Å². The van der Waals surface area contributed by atoms with E-state index >= 15 is 0 Å². The third-order valence-electron chi connectivity index (χ3n) is 4.61. The van der Waals surface area contributed by atoms with E-state index in [0.717, 1.165) is 42.2 Å². The van der Waals surface area contributed by atoms with E-state index in [1.54, 1.807) is 0 Å². The van der Waals surface area contributed by atoms with Crippen molar-refractivity contribution in [1.82, 2.24) is 19.6 Å². The van der Waals surface area contributed by atoms with Gasteiger partial charge in [0.05, 0.1) is 5.39 Å². The van der Waals surface area contributed by atoms with Crippen LogP contribution in [0.25, 0.3) is 15.9 Å². The smallest absolute Gasteiger partial charge is 0.172 e. The van der Waals surface area contributed by atoms with Crippen LogP contribution in [0.5, 0.6) is 0 Å². The molecule has 1 atom stereocenters. The molecule has 6 heteroatoms. The molecule has 1 aliphatic carbocycles. The first-order chi connectivity index (χ1) is 10.4. The van der Waals surface area contributed by atoms with Crippen molar-refractivity contribution in [3.05, 3.63) is 22.6 Å². The van der Waals surface area contributed by atoms with E-state index in [4.69, 9.17) is 4.74 Å². The van der Waals surface area contributed by atoms with Crippen LogP contribution < -0.4 is 0 Å². The molecule has 1 fully saturated rings. The number of hydrogen-bond acceptors (Lipinski definition) is 5. The second-order valence-corrected chi connectivity index (χ2v) is 6.97. The minimum Gasteiger partial charge on any atom is -0.370 e. The van der Waals surface area contributed by atoms with Crippen molar-refractivity contribution in [2.75, 3.05) is 6.61 Å². The van der Waals surface area contributed by atoms with Crippen molar-refractivity contribution in [3.8, 4) is 0 Å². The molecule has 0 spiro atoms. The molecule has 108 valence electrons. The number of rotatable bonds is 1. The highest BCUT2D eigenvalue weighted by Crippen LogP contribution is 2.37. The topological polar surface area (TPSA) is 52.3 Å². The Morgan fingerprint density at radius 1 is 1.19 bits per heavy atom. The molecule has 0 bridgehead atoms. The van der Waals surface area contributed by atoms with Gasteiger partial charge in [0.2, 0.25) is 0 Å². The maximum absolute atomic E-state index is 5.76. The van der Waals surface area contributed by atoms with Gasteiger partial charge in [-0.3, -0.25) is 4.40 Å². The molecule has 0 amide bonds. The molecule has 1 aliphatic heterocycles. The Morgan fingerprint density at radius 3 is 3.05 bits per heavy atom. The van der Waals surface area contributed by atoms with Gasteiger partial charge in [-0.1, -0.05) is 0 Å². The molecule has 0 aromatic carbocycles. The fourth-order valence-electron chi connectivity index (χ4n) is 3.57. The summed E-state index contributed by atoms with van der Waals surface area (Å²) in [6.07, 6.45) is 8.99. The van der Waals surface area contributed by atoms with Gasteiger partial charge < -0.3 is 4.74 Å². The summed E-state index contributed by atoms with van der Waals surface area (Å²) in [5.41, 5.74) is 2.43. The van der Waals surface area contributed by atoms with Gasteiger partial charge in [-0.25, -0.2) is 4.98 Å². The average Bonchev–Trinajstić information content (AvgIpc) is 3.23. The first-order valence-corrected chi connectivity index (χ1v) is 8.49. The van der Waals surface area contributed by atoms with Crippen molar-refractivity contribution in [2.45, 2.75) is 44.6 Å². The Bertz CT molecular complexity index is 831. The summed E-state index contributed by atoms with van der Waals surface area (Å²) in [5.74, 6) is 0.910. The van der Waals surface area contributed by atoms with Crippen LogP contribution in [0.15, 0.2) is 6.33 Å². The minimum absolute atomic E-state index is 0.0775. The number of aryl methyl sites for hydroxylation is 2. The summed E-state index contributed by atoms with van der Waals surface area (Å²) >= 11 is 1.83. The Morgan fingerprint density at radius 2 is 2.14 bits per heavy atom. The Kier molecular flexibility index (Phi) is 2.57. The summed E-state index contributed by atoms with van der Waals surface area (Å²) < 4.78 is 7.80. The molecule has 3 aromatic heterocycles. The monoisotopic (exact) mass is 300 g/mol. The molecule has 1 saturated heterocycles. The number of nitrogens with zero attached hydrogens (tertiary/aromatic N) is 4. The molecule has 0 N–H and O–H groups in total. The van der Waals surface area contributed by atoms with Gasteiger partial charge in [-0.15, -0.1) is 21.5 Å². The highest BCUT2D eigenvalue weighted by molar-refractivity contribution is 7.19. The van der Waals surface area contributed by atoms with E-state index in [9.17, 15) is 0 Å². The van der Waals surface area contributed by atoms with Crippen LogP contribution in [-0.4, -0.2) is 26.2 Å². The van der Waals surface area contributed by atoms with Crippen LogP contribution in [0.3, 0.4) is 0 Å². The molecule has 0 saturated carbocycles. The van der Waals surface area contributed by atoms with Crippen molar-refractivity contribution in [1.29, 1.82) is 0 Å². The summed E-state index contributed by atoms with van der Waals surface area (Å²) in [5, 5.41) is 10.1. The van der Waals surface area contributed by atoms with E-state index in [0.29, 0.717) is 0 Å². The van der Waals surface area contributed by atoms with E-state index < -0.39 is 0 Å². The lowest BCUT2D eigenvalue weighted by atomic mass is 9.97. The van der Waals surface area contributed by atoms with Crippen LogP contribution in [0, 0.1) is 0 Å². The number of hydrogen-bond donors (Lipinski definition) is 0. The summed E-state index contributed by atoms with van der Waals surface area (Å²) in [7, 11) is 0. The molecule has 0 radical (unpaired) electrons. The predicted octanol–water partition coefficient (Wildman–Crippen LogP) is 3.07. The fraction of sp³-hybridized carbons (Fsp3) is 0.533. The first kappa shape index (κ1) is 12.1.